The molecule has 6 nitrogen and oxygen atoms in total. The second kappa shape index (κ2) is 6.56. The van der Waals surface area contributed by atoms with Gasteiger partial charge in [0.2, 0.25) is 17.2 Å². The topological polar surface area (TPSA) is 63.2 Å². The Labute approximate surface area is 106 Å². The first-order valence-corrected chi connectivity index (χ1v) is 5.72. The first-order valence-electron chi connectivity index (χ1n) is 5.34. The predicted octanol–water partition coefficient (Wildman–Crippen LogP) is 1.29. The largest absolute Gasteiger partial charge is 0.384 e. The van der Waals surface area contributed by atoms with Crippen LogP contribution in [0, 0.1) is 5.92 Å². The first kappa shape index (κ1) is 13.9. The highest BCUT2D eigenvalue weighted by Gasteiger charge is 2.07. The van der Waals surface area contributed by atoms with E-state index < -0.39 is 0 Å². The molecule has 0 aliphatic carbocycles. The van der Waals surface area contributed by atoms with E-state index in [1.165, 1.54) is 0 Å². The van der Waals surface area contributed by atoms with Gasteiger partial charge in [0.05, 0.1) is 6.61 Å². The Hall–Kier alpha value is -1.14. The molecule has 17 heavy (non-hydrogen) atoms. The van der Waals surface area contributed by atoms with E-state index in [9.17, 15) is 0 Å². The van der Waals surface area contributed by atoms with Crippen LogP contribution in [-0.4, -0.2) is 49.3 Å². The number of rotatable bonds is 6. The van der Waals surface area contributed by atoms with Crippen LogP contribution in [0.1, 0.15) is 6.92 Å². The Morgan fingerprint density at radius 2 is 2.06 bits per heavy atom. The fraction of sp³-hybridized carbons (Fsp3) is 0.700. The quantitative estimate of drug-likeness (QED) is 0.831. The van der Waals surface area contributed by atoms with Crippen molar-refractivity contribution in [2.24, 2.45) is 5.92 Å². The van der Waals surface area contributed by atoms with Crippen LogP contribution in [0.4, 0.5) is 11.9 Å². The summed E-state index contributed by atoms with van der Waals surface area (Å²) in [5.74, 6) is 1.39. The zero-order chi connectivity index (χ0) is 12.8. The van der Waals surface area contributed by atoms with Crippen LogP contribution in [-0.2, 0) is 4.74 Å². The summed E-state index contributed by atoms with van der Waals surface area (Å²) in [5.41, 5.74) is 0. The number of anilines is 2. The third-order valence-electron chi connectivity index (χ3n) is 2.06. The SMILES string of the molecule is COCC(C)CNc1nc(Cl)nc(N(C)C)n1. The molecule has 1 aromatic rings. The number of hydrogen-bond donors (Lipinski definition) is 1. The van der Waals surface area contributed by atoms with Crippen molar-refractivity contribution in [3.05, 3.63) is 5.28 Å². The van der Waals surface area contributed by atoms with Crippen LogP contribution >= 0.6 is 11.6 Å². The van der Waals surface area contributed by atoms with Crippen molar-refractivity contribution in [1.82, 2.24) is 15.0 Å². The van der Waals surface area contributed by atoms with Crippen molar-refractivity contribution >= 4 is 23.5 Å². The number of methoxy groups -OCH3 is 1. The first-order chi connectivity index (χ1) is 8.02. The van der Waals surface area contributed by atoms with E-state index in [1.54, 1.807) is 12.0 Å². The van der Waals surface area contributed by atoms with Crippen LogP contribution in [0.3, 0.4) is 0 Å². The Bertz CT molecular complexity index is 361. The molecule has 0 radical (unpaired) electrons. The Morgan fingerprint density at radius 1 is 1.35 bits per heavy atom. The molecule has 1 rings (SSSR count). The van der Waals surface area contributed by atoms with Crippen molar-refractivity contribution in [2.45, 2.75) is 6.92 Å². The molecule has 1 N–H and O–H groups in total. The van der Waals surface area contributed by atoms with E-state index >= 15 is 0 Å². The molecule has 96 valence electrons. The summed E-state index contributed by atoms with van der Waals surface area (Å²) in [5, 5.41) is 3.30. The van der Waals surface area contributed by atoms with Crippen LogP contribution in [0.15, 0.2) is 0 Å². The van der Waals surface area contributed by atoms with Crippen molar-refractivity contribution in [2.75, 3.05) is 44.6 Å². The van der Waals surface area contributed by atoms with Gasteiger partial charge < -0.3 is 15.0 Å². The molecule has 0 aromatic carbocycles. The molecule has 0 bridgehead atoms. The minimum Gasteiger partial charge on any atom is -0.384 e. The third-order valence-corrected chi connectivity index (χ3v) is 2.23. The molecule has 1 heterocycles. The number of hydrogen-bond acceptors (Lipinski definition) is 6. The molecular formula is C10H18ClN5O. The minimum absolute atomic E-state index is 0.186. The number of ether oxygens (including phenoxy) is 1. The lowest BCUT2D eigenvalue weighted by Gasteiger charge is -2.14. The third kappa shape index (κ3) is 4.70. The standard InChI is InChI=1S/C10H18ClN5O/c1-7(6-17-4)5-12-9-13-8(11)14-10(15-9)16(2)3/h7H,5-6H2,1-4H3,(H,12,13,14,15). The van der Waals surface area contributed by atoms with Gasteiger partial charge in [-0.2, -0.15) is 15.0 Å². The second-order valence-electron chi connectivity index (χ2n) is 4.06. The monoisotopic (exact) mass is 259 g/mol. The Morgan fingerprint density at radius 3 is 2.65 bits per heavy atom. The average molecular weight is 260 g/mol. The van der Waals surface area contributed by atoms with E-state index in [4.69, 9.17) is 16.3 Å². The molecule has 0 aliphatic heterocycles. The van der Waals surface area contributed by atoms with Crippen molar-refractivity contribution in [1.29, 1.82) is 0 Å². The van der Waals surface area contributed by atoms with E-state index in [1.807, 2.05) is 14.1 Å². The number of aromatic nitrogens is 3. The average Bonchev–Trinajstić information content (AvgIpc) is 2.26. The summed E-state index contributed by atoms with van der Waals surface area (Å²) in [4.78, 5) is 14.0. The molecule has 0 saturated carbocycles. The van der Waals surface area contributed by atoms with E-state index in [0.29, 0.717) is 24.4 Å². The number of nitrogens with zero attached hydrogens (tertiary/aromatic N) is 4. The maximum Gasteiger partial charge on any atom is 0.230 e. The van der Waals surface area contributed by atoms with Gasteiger partial charge in [0, 0.05) is 27.7 Å². The highest BCUT2D eigenvalue weighted by atomic mass is 35.5. The molecule has 0 fully saturated rings. The number of halogens is 1. The van der Waals surface area contributed by atoms with Gasteiger partial charge in [-0.15, -0.1) is 0 Å². The van der Waals surface area contributed by atoms with E-state index in [-0.39, 0.29) is 5.28 Å². The zero-order valence-corrected chi connectivity index (χ0v) is 11.3. The summed E-state index contributed by atoms with van der Waals surface area (Å²) in [6.07, 6.45) is 0. The normalized spacial score (nSPS) is 12.3. The van der Waals surface area contributed by atoms with Gasteiger partial charge in [-0.05, 0) is 17.5 Å². The molecule has 1 atom stereocenters. The molecule has 0 aliphatic rings. The van der Waals surface area contributed by atoms with Gasteiger partial charge >= 0.3 is 0 Å². The highest BCUT2D eigenvalue weighted by Crippen LogP contribution is 2.11. The summed E-state index contributed by atoms with van der Waals surface area (Å²) < 4.78 is 5.05. The predicted molar refractivity (Wildman–Crippen MR) is 68.7 cm³/mol. The van der Waals surface area contributed by atoms with Gasteiger partial charge in [-0.3, -0.25) is 0 Å². The van der Waals surface area contributed by atoms with Gasteiger partial charge in [0.25, 0.3) is 0 Å². The molecular weight excluding hydrogens is 242 g/mol. The van der Waals surface area contributed by atoms with Gasteiger partial charge in [0.15, 0.2) is 0 Å². The lowest BCUT2D eigenvalue weighted by Crippen LogP contribution is -2.19. The zero-order valence-electron chi connectivity index (χ0n) is 10.6. The fourth-order valence-corrected chi connectivity index (χ4v) is 1.38. The molecule has 0 spiro atoms. The highest BCUT2D eigenvalue weighted by molar-refractivity contribution is 6.28. The maximum absolute atomic E-state index is 5.82. The smallest absolute Gasteiger partial charge is 0.230 e. The molecule has 0 amide bonds. The summed E-state index contributed by atoms with van der Waals surface area (Å²) in [7, 11) is 5.38. The van der Waals surface area contributed by atoms with E-state index in [2.05, 4.69) is 27.2 Å². The fourth-order valence-electron chi connectivity index (χ4n) is 1.23. The van der Waals surface area contributed by atoms with Crippen LogP contribution in [0.5, 0.6) is 0 Å². The van der Waals surface area contributed by atoms with Crippen LogP contribution < -0.4 is 10.2 Å². The molecule has 7 heteroatoms. The maximum atomic E-state index is 5.82. The lowest BCUT2D eigenvalue weighted by molar-refractivity contribution is 0.164. The Balaban J connectivity index is 2.64. The van der Waals surface area contributed by atoms with Gasteiger partial charge in [-0.25, -0.2) is 0 Å². The lowest BCUT2D eigenvalue weighted by atomic mass is 10.2. The second-order valence-corrected chi connectivity index (χ2v) is 4.40. The van der Waals surface area contributed by atoms with Crippen molar-refractivity contribution in [3.63, 3.8) is 0 Å². The Kier molecular flexibility index (Phi) is 5.37. The van der Waals surface area contributed by atoms with Crippen molar-refractivity contribution < 1.29 is 4.74 Å². The summed E-state index contributed by atoms with van der Waals surface area (Å²) in [6, 6.07) is 0. The summed E-state index contributed by atoms with van der Waals surface area (Å²) in [6.45, 7) is 3.49. The van der Waals surface area contributed by atoms with E-state index in [0.717, 1.165) is 6.54 Å². The van der Waals surface area contributed by atoms with Gasteiger partial charge in [0.1, 0.15) is 0 Å². The summed E-state index contributed by atoms with van der Waals surface area (Å²) >= 11 is 5.82. The van der Waals surface area contributed by atoms with Crippen LogP contribution in [0.2, 0.25) is 5.28 Å². The number of nitrogens with one attached hydrogen (secondary N) is 1. The minimum atomic E-state index is 0.186. The van der Waals surface area contributed by atoms with Gasteiger partial charge in [-0.1, -0.05) is 6.92 Å². The molecule has 1 unspecified atom stereocenters. The molecule has 0 saturated heterocycles. The van der Waals surface area contributed by atoms with Crippen molar-refractivity contribution in [3.8, 4) is 0 Å². The molecule has 1 aromatic heterocycles. The van der Waals surface area contributed by atoms with Crippen LogP contribution in [0.25, 0.3) is 0 Å².